The maximum absolute atomic E-state index is 14.0. The van der Waals surface area contributed by atoms with Gasteiger partial charge in [0.05, 0.1) is 12.0 Å². The largest absolute Gasteiger partial charge is 0.381 e. The third-order valence-corrected chi connectivity index (χ3v) is 2.54. The number of hydrogen-bond acceptors (Lipinski definition) is 4. The number of halogens is 1. The summed E-state index contributed by atoms with van der Waals surface area (Å²) in [4.78, 5) is 3.87. The molecular formula is C12H9FN4O. The standard InChI is InChI=1S/C12H9FN4O/c13-9-5-8(11-6-12(14)16-18-11)1-2-10(9)17-4-3-15-7-17/h1-7H,(H2,14,16). The Bertz CT molecular complexity index is 675. The number of hydrogen-bond donors (Lipinski definition) is 1. The van der Waals surface area contributed by atoms with Gasteiger partial charge in [-0.1, -0.05) is 5.16 Å². The van der Waals surface area contributed by atoms with Gasteiger partial charge in [-0.2, -0.15) is 0 Å². The van der Waals surface area contributed by atoms with Gasteiger partial charge < -0.3 is 14.8 Å². The van der Waals surface area contributed by atoms with Crippen LogP contribution >= 0.6 is 0 Å². The predicted octanol–water partition coefficient (Wildman–Crippen LogP) is 2.25. The smallest absolute Gasteiger partial charge is 0.169 e. The molecule has 2 N–H and O–H groups in total. The summed E-state index contributed by atoms with van der Waals surface area (Å²) in [6.45, 7) is 0. The Kier molecular flexibility index (Phi) is 2.33. The Morgan fingerprint density at radius 1 is 1.28 bits per heavy atom. The molecule has 0 aliphatic carbocycles. The molecule has 3 rings (SSSR count). The third kappa shape index (κ3) is 1.73. The summed E-state index contributed by atoms with van der Waals surface area (Å²) in [7, 11) is 0. The van der Waals surface area contributed by atoms with Crippen molar-refractivity contribution in [2.75, 3.05) is 5.73 Å². The van der Waals surface area contributed by atoms with E-state index in [1.54, 1.807) is 35.2 Å². The zero-order valence-electron chi connectivity index (χ0n) is 9.25. The average Bonchev–Trinajstić information content (AvgIpc) is 2.99. The topological polar surface area (TPSA) is 69.9 Å². The monoisotopic (exact) mass is 244 g/mol. The molecule has 0 spiro atoms. The molecule has 0 aliphatic heterocycles. The Balaban J connectivity index is 2.04. The van der Waals surface area contributed by atoms with E-state index in [4.69, 9.17) is 10.3 Å². The van der Waals surface area contributed by atoms with E-state index in [1.165, 1.54) is 12.4 Å². The summed E-state index contributed by atoms with van der Waals surface area (Å²) < 4.78 is 20.5. The molecule has 18 heavy (non-hydrogen) atoms. The molecule has 0 unspecified atom stereocenters. The minimum Gasteiger partial charge on any atom is -0.381 e. The number of anilines is 1. The fourth-order valence-electron chi connectivity index (χ4n) is 1.70. The van der Waals surface area contributed by atoms with Crippen LogP contribution in [0.2, 0.25) is 0 Å². The second-order valence-corrected chi connectivity index (χ2v) is 3.75. The van der Waals surface area contributed by atoms with Gasteiger partial charge in [0.25, 0.3) is 0 Å². The van der Waals surface area contributed by atoms with Crippen molar-refractivity contribution >= 4 is 5.82 Å². The zero-order chi connectivity index (χ0) is 12.5. The van der Waals surface area contributed by atoms with Crippen molar-refractivity contribution in [3.05, 3.63) is 48.8 Å². The highest BCUT2D eigenvalue weighted by molar-refractivity contribution is 5.61. The number of nitrogens with zero attached hydrogens (tertiary/aromatic N) is 3. The molecule has 2 heterocycles. The lowest BCUT2D eigenvalue weighted by Gasteiger charge is -2.04. The molecule has 0 aliphatic rings. The van der Waals surface area contributed by atoms with Crippen LogP contribution in [0, 0.1) is 5.82 Å². The fraction of sp³-hybridized carbons (Fsp3) is 0. The van der Waals surface area contributed by atoms with Gasteiger partial charge in [-0.25, -0.2) is 9.37 Å². The van der Waals surface area contributed by atoms with Crippen molar-refractivity contribution in [3.63, 3.8) is 0 Å². The van der Waals surface area contributed by atoms with E-state index in [2.05, 4.69) is 10.1 Å². The first-order valence-corrected chi connectivity index (χ1v) is 5.24. The van der Waals surface area contributed by atoms with Crippen LogP contribution in [-0.2, 0) is 0 Å². The van der Waals surface area contributed by atoms with Crippen molar-refractivity contribution in [1.82, 2.24) is 14.7 Å². The van der Waals surface area contributed by atoms with Crippen LogP contribution in [0.1, 0.15) is 0 Å². The summed E-state index contributed by atoms with van der Waals surface area (Å²) >= 11 is 0. The maximum atomic E-state index is 14.0. The van der Waals surface area contributed by atoms with Crippen LogP contribution in [0.4, 0.5) is 10.2 Å². The van der Waals surface area contributed by atoms with Crippen molar-refractivity contribution in [1.29, 1.82) is 0 Å². The maximum Gasteiger partial charge on any atom is 0.169 e. The lowest BCUT2D eigenvalue weighted by atomic mass is 10.1. The zero-order valence-corrected chi connectivity index (χ0v) is 9.25. The van der Waals surface area contributed by atoms with E-state index in [9.17, 15) is 4.39 Å². The lowest BCUT2D eigenvalue weighted by molar-refractivity contribution is 0.435. The Hall–Kier alpha value is -2.63. The van der Waals surface area contributed by atoms with E-state index in [0.717, 1.165) is 0 Å². The van der Waals surface area contributed by atoms with Crippen molar-refractivity contribution in [3.8, 4) is 17.0 Å². The second kappa shape index (κ2) is 3.99. The van der Waals surface area contributed by atoms with Crippen molar-refractivity contribution in [2.24, 2.45) is 0 Å². The average molecular weight is 244 g/mol. The Morgan fingerprint density at radius 3 is 2.78 bits per heavy atom. The number of nitrogen functional groups attached to an aromatic ring is 1. The molecule has 90 valence electrons. The fourth-order valence-corrected chi connectivity index (χ4v) is 1.70. The lowest BCUT2D eigenvalue weighted by Crippen LogP contribution is -1.94. The van der Waals surface area contributed by atoms with Gasteiger partial charge in [-0.3, -0.25) is 0 Å². The number of imidazole rings is 1. The molecule has 0 saturated carbocycles. The molecule has 3 aromatic rings. The van der Waals surface area contributed by atoms with Crippen LogP contribution in [0.25, 0.3) is 17.0 Å². The Labute approximate surface area is 102 Å². The Morgan fingerprint density at radius 2 is 2.17 bits per heavy atom. The van der Waals surface area contributed by atoms with E-state index in [1.807, 2.05) is 0 Å². The van der Waals surface area contributed by atoms with E-state index < -0.39 is 0 Å². The number of nitrogens with two attached hydrogens (primary N) is 1. The van der Waals surface area contributed by atoms with Crippen LogP contribution in [0.15, 0.2) is 47.5 Å². The van der Waals surface area contributed by atoms with Crippen LogP contribution in [0.5, 0.6) is 0 Å². The van der Waals surface area contributed by atoms with Gasteiger partial charge >= 0.3 is 0 Å². The quantitative estimate of drug-likeness (QED) is 0.750. The van der Waals surface area contributed by atoms with Crippen molar-refractivity contribution in [2.45, 2.75) is 0 Å². The highest BCUT2D eigenvalue weighted by atomic mass is 19.1. The summed E-state index contributed by atoms with van der Waals surface area (Å²) in [6, 6.07) is 6.30. The molecule has 5 nitrogen and oxygen atoms in total. The summed E-state index contributed by atoms with van der Waals surface area (Å²) in [5.41, 5.74) is 6.45. The van der Waals surface area contributed by atoms with Gasteiger partial charge in [0.1, 0.15) is 5.82 Å². The molecular weight excluding hydrogens is 235 g/mol. The van der Waals surface area contributed by atoms with Gasteiger partial charge in [0.2, 0.25) is 0 Å². The van der Waals surface area contributed by atoms with Gasteiger partial charge in [-0.05, 0) is 18.2 Å². The third-order valence-electron chi connectivity index (χ3n) is 2.54. The van der Waals surface area contributed by atoms with Gasteiger partial charge in [0.15, 0.2) is 11.6 Å². The van der Waals surface area contributed by atoms with Crippen LogP contribution in [-0.4, -0.2) is 14.7 Å². The first-order valence-electron chi connectivity index (χ1n) is 5.24. The summed E-state index contributed by atoms with van der Waals surface area (Å²) in [6.07, 6.45) is 4.79. The minimum absolute atomic E-state index is 0.268. The highest BCUT2D eigenvalue weighted by Crippen LogP contribution is 2.24. The van der Waals surface area contributed by atoms with Crippen LogP contribution < -0.4 is 5.73 Å². The van der Waals surface area contributed by atoms with Crippen LogP contribution in [0.3, 0.4) is 0 Å². The normalized spacial score (nSPS) is 10.7. The molecule has 1 aromatic carbocycles. The molecule has 0 saturated heterocycles. The number of rotatable bonds is 2. The van der Waals surface area contributed by atoms with Gasteiger partial charge in [0, 0.05) is 24.0 Å². The second-order valence-electron chi connectivity index (χ2n) is 3.75. The molecule has 0 radical (unpaired) electrons. The van der Waals surface area contributed by atoms with E-state index in [-0.39, 0.29) is 11.6 Å². The molecule has 6 heteroatoms. The first kappa shape index (κ1) is 10.5. The molecule has 0 amide bonds. The first-order chi connectivity index (χ1) is 8.74. The van der Waals surface area contributed by atoms with Crippen molar-refractivity contribution < 1.29 is 8.91 Å². The predicted molar refractivity (Wildman–Crippen MR) is 63.4 cm³/mol. The summed E-state index contributed by atoms with van der Waals surface area (Å²) in [5, 5.41) is 3.56. The van der Waals surface area contributed by atoms with Gasteiger partial charge in [-0.15, -0.1) is 0 Å². The highest BCUT2D eigenvalue weighted by Gasteiger charge is 2.09. The van der Waals surface area contributed by atoms with E-state index >= 15 is 0 Å². The molecule has 0 fully saturated rings. The number of aromatic nitrogens is 3. The number of benzene rings is 1. The SMILES string of the molecule is Nc1cc(-c2ccc(-n3ccnc3)c(F)c2)on1. The molecule has 0 bridgehead atoms. The van der Waals surface area contributed by atoms with E-state index in [0.29, 0.717) is 17.0 Å². The molecule has 2 aromatic heterocycles. The minimum atomic E-state index is -0.375. The molecule has 0 atom stereocenters. The summed E-state index contributed by atoms with van der Waals surface area (Å²) in [5.74, 6) is 0.327.